The molecule has 0 bridgehead atoms. The van der Waals surface area contributed by atoms with Gasteiger partial charge in [0, 0.05) is 10.8 Å². The first-order chi connectivity index (χ1) is 21.3. The molecule has 0 radical (unpaired) electrons. The quantitative estimate of drug-likeness (QED) is 0.156. The lowest BCUT2D eigenvalue weighted by atomic mass is 9.85. The molecule has 0 aliphatic carbocycles. The van der Waals surface area contributed by atoms with E-state index >= 15 is 0 Å². The molecule has 9 aromatic carbocycles. The fourth-order valence-electron chi connectivity index (χ4n) is 7.46. The zero-order chi connectivity index (χ0) is 28.1. The van der Waals surface area contributed by atoms with Gasteiger partial charge in [-0.2, -0.15) is 0 Å². The van der Waals surface area contributed by atoms with E-state index in [4.69, 9.17) is 4.42 Å². The Bertz CT molecular complexity index is 2730. The number of benzene rings is 9. The molecule has 0 spiro atoms. The topological polar surface area (TPSA) is 13.1 Å². The van der Waals surface area contributed by atoms with Crippen LogP contribution in [-0.2, 0) is 0 Å². The third-order valence-corrected chi connectivity index (χ3v) is 9.39. The molecule has 10 rings (SSSR count). The summed E-state index contributed by atoms with van der Waals surface area (Å²) in [5.74, 6) is 0. The SMILES string of the molecule is c1cc(-c2ccc3oc4ccccc4c3c2)cc(-c2ccc3c(c2)c2cccc4c5ccccc5c5cccc3c5c42)c1. The van der Waals surface area contributed by atoms with E-state index in [0.717, 1.165) is 21.9 Å². The number of hydrogen-bond donors (Lipinski definition) is 0. The summed E-state index contributed by atoms with van der Waals surface area (Å²) in [6.45, 7) is 0. The fraction of sp³-hybridized carbons (Fsp3) is 0. The lowest BCUT2D eigenvalue weighted by Crippen LogP contribution is -1.90. The standard InChI is InChI=1S/C42H24O/c1-2-11-30-29(10-1)33-13-6-15-35-31-20-18-27(23-37(31)36-16-7-14-34(30)42(36)41(33)35)25-8-5-9-26(22-25)28-19-21-40-38(24-28)32-12-3-4-17-39(32)43-40/h1-24H. The molecule has 0 fully saturated rings. The van der Waals surface area contributed by atoms with E-state index < -0.39 is 0 Å². The fourth-order valence-corrected chi connectivity index (χ4v) is 7.46. The van der Waals surface area contributed by atoms with Gasteiger partial charge in [-0.05, 0) is 106 Å². The molecule has 1 aromatic heterocycles. The van der Waals surface area contributed by atoms with Crippen LogP contribution in [0.5, 0.6) is 0 Å². The average Bonchev–Trinajstić information content (AvgIpc) is 3.46. The summed E-state index contributed by atoms with van der Waals surface area (Å²) in [5, 5.41) is 15.6. The zero-order valence-electron chi connectivity index (χ0n) is 23.3. The van der Waals surface area contributed by atoms with E-state index in [1.54, 1.807) is 0 Å². The molecule has 0 aliphatic heterocycles. The van der Waals surface area contributed by atoms with E-state index in [1.807, 2.05) is 12.1 Å². The molecule has 198 valence electrons. The Morgan fingerprint density at radius 3 is 1.37 bits per heavy atom. The Labute approximate surface area is 247 Å². The van der Waals surface area contributed by atoms with Gasteiger partial charge in [0.25, 0.3) is 0 Å². The summed E-state index contributed by atoms with van der Waals surface area (Å²) in [5.41, 5.74) is 6.68. The highest BCUT2D eigenvalue weighted by Crippen LogP contribution is 2.45. The van der Waals surface area contributed by atoms with Crippen LogP contribution in [0.1, 0.15) is 0 Å². The minimum atomic E-state index is 0.924. The predicted octanol–water partition coefficient (Wildman–Crippen LogP) is 12.1. The van der Waals surface area contributed by atoms with E-state index in [9.17, 15) is 0 Å². The van der Waals surface area contributed by atoms with Gasteiger partial charge in [0.2, 0.25) is 0 Å². The maximum atomic E-state index is 6.08. The number of para-hydroxylation sites is 1. The Balaban J connectivity index is 1.20. The van der Waals surface area contributed by atoms with Crippen molar-refractivity contribution in [1.29, 1.82) is 0 Å². The minimum Gasteiger partial charge on any atom is -0.456 e. The number of furan rings is 1. The zero-order valence-corrected chi connectivity index (χ0v) is 23.3. The second-order valence-electron chi connectivity index (χ2n) is 11.7. The van der Waals surface area contributed by atoms with Gasteiger partial charge in [-0.25, -0.2) is 0 Å². The van der Waals surface area contributed by atoms with Crippen molar-refractivity contribution in [2.75, 3.05) is 0 Å². The van der Waals surface area contributed by atoms with Crippen LogP contribution in [0.3, 0.4) is 0 Å². The van der Waals surface area contributed by atoms with Gasteiger partial charge in [0.05, 0.1) is 0 Å². The van der Waals surface area contributed by atoms with Crippen molar-refractivity contribution in [3.05, 3.63) is 146 Å². The number of rotatable bonds is 2. The molecule has 0 N–H and O–H groups in total. The van der Waals surface area contributed by atoms with Crippen LogP contribution in [0.25, 0.3) is 98.1 Å². The Morgan fingerprint density at radius 1 is 0.256 bits per heavy atom. The molecule has 0 saturated heterocycles. The van der Waals surface area contributed by atoms with Crippen molar-refractivity contribution in [2.45, 2.75) is 0 Å². The first kappa shape index (κ1) is 23.0. The Morgan fingerprint density at radius 2 is 0.698 bits per heavy atom. The molecule has 0 aliphatic rings. The molecule has 1 nitrogen and oxygen atoms in total. The molecule has 10 aromatic rings. The van der Waals surface area contributed by atoms with Crippen LogP contribution in [-0.4, -0.2) is 0 Å². The smallest absolute Gasteiger partial charge is 0.135 e. The van der Waals surface area contributed by atoms with Crippen LogP contribution < -0.4 is 0 Å². The highest BCUT2D eigenvalue weighted by Gasteiger charge is 2.17. The second kappa shape index (κ2) is 8.44. The first-order valence-corrected chi connectivity index (χ1v) is 14.8. The molecule has 0 atom stereocenters. The molecule has 0 amide bonds. The van der Waals surface area contributed by atoms with Gasteiger partial charge in [0.15, 0.2) is 0 Å². The van der Waals surface area contributed by atoms with Crippen molar-refractivity contribution in [2.24, 2.45) is 0 Å². The van der Waals surface area contributed by atoms with Crippen molar-refractivity contribution < 1.29 is 4.42 Å². The van der Waals surface area contributed by atoms with Crippen molar-refractivity contribution in [3.8, 4) is 22.3 Å². The lowest BCUT2D eigenvalue weighted by Gasteiger charge is -2.18. The van der Waals surface area contributed by atoms with E-state index in [1.165, 1.54) is 76.1 Å². The number of hydrogen-bond acceptors (Lipinski definition) is 1. The third-order valence-electron chi connectivity index (χ3n) is 9.39. The summed E-state index contributed by atoms with van der Waals surface area (Å²) >= 11 is 0. The van der Waals surface area contributed by atoms with Gasteiger partial charge in [0.1, 0.15) is 11.2 Å². The largest absolute Gasteiger partial charge is 0.456 e. The van der Waals surface area contributed by atoms with Crippen molar-refractivity contribution >= 4 is 75.8 Å². The van der Waals surface area contributed by atoms with Crippen LogP contribution in [0.4, 0.5) is 0 Å². The Kier molecular flexibility index (Phi) is 4.51. The van der Waals surface area contributed by atoms with Crippen molar-refractivity contribution in [3.63, 3.8) is 0 Å². The second-order valence-corrected chi connectivity index (χ2v) is 11.7. The van der Waals surface area contributed by atoms with E-state index in [-0.39, 0.29) is 0 Å². The number of fused-ring (bicyclic) bond motifs is 9. The predicted molar refractivity (Wildman–Crippen MR) is 183 cm³/mol. The maximum Gasteiger partial charge on any atom is 0.135 e. The molecule has 1 heterocycles. The monoisotopic (exact) mass is 544 g/mol. The van der Waals surface area contributed by atoms with Crippen LogP contribution in [0.2, 0.25) is 0 Å². The summed E-state index contributed by atoms with van der Waals surface area (Å²) < 4.78 is 6.08. The first-order valence-electron chi connectivity index (χ1n) is 14.8. The summed E-state index contributed by atoms with van der Waals surface area (Å²) in [6, 6.07) is 53.1. The normalized spacial score (nSPS) is 12.2. The van der Waals surface area contributed by atoms with Crippen LogP contribution in [0, 0.1) is 0 Å². The summed E-state index contributed by atoms with van der Waals surface area (Å²) in [6.07, 6.45) is 0. The molecule has 43 heavy (non-hydrogen) atoms. The maximum absolute atomic E-state index is 6.08. The van der Waals surface area contributed by atoms with Gasteiger partial charge < -0.3 is 4.42 Å². The molecule has 1 heteroatoms. The summed E-state index contributed by atoms with van der Waals surface area (Å²) in [7, 11) is 0. The molecular weight excluding hydrogens is 520 g/mol. The van der Waals surface area contributed by atoms with Crippen LogP contribution >= 0.6 is 0 Å². The Hall–Kier alpha value is -5.66. The highest BCUT2D eigenvalue weighted by molar-refractivity contribution is 6.40. The van der Waals surface area contributed by atoms with Gasteiger partial charge in [-0.3, -0.25) is 0 Å². The van der Waals surface area contributed by atoms with Crippen LogP contribution in [0.15, 0.2) is 150 Å². The average molecular weight is 545 g/mol. The van der Waals surface area contributed by atoms with Crippen molar-refractivity contribution in [1.82, 2.24) is 0 Å². The van der Waals surface area contributed by atoms with Gasteiger partial charge >= 0.3 is 0 Å². The molecule has 0 saturated carbocycles. The molecule has 0 unspecified atom stereocenters. The van der Waals surface area contributed by atoms with Gasteiger partial charge in [-0.1, -0.05) is 115 Å². The van der Waals surface area contributed by atoms with E-state index in [0.29, 0.717) is 0 Å². The van der Waals surface area contributed by atoms with E-state index in [2.05, 4.69) is 133 Å². The minimum absolute atomic E-state index is 0.924. The van der Waals surface area contributed by atoms with Gasteiger partial charge in [-0.15, -0.1) is 0 Å². The highest BCUT2D eigenvalue weighted by atomic mass is 16.3. The lowest BCUT2D eigenvalue weighted by molar-refractivity contribution is 0.669. The molecular formula is C42H24O. The summed E-state index contributed by atoms with van der Waals surface area (Å²) in [4.78, 5) is 0. The third kappa shape index (κ3) is 3.17.